The van der Waals surface area contributed by atoms with Gasteiger partial charge >= 0.3 is 0 Å². The monoisotopic (exact) mass is 414 g/mol. The van der Waals surface area contributed by atoms with Crippen molar-refractivity contribution >= 4 is 50.5 Å². The van der Waals surface area contributed by atoms with Crippen molar-refractivity contribution < 1.29 is 17.9 Å². The molecule has 1 aliphatic rings. The van der Waals surface area contributed by atoms with Crippen LogP contribution in [0.1, 0.15) is 12.8 Å². The van der Waals surface area contributed by atoms with Gasteiger partial charge in [0, 0.05) is 13.0 Å². The van der Waals surface area contributed by atoms with E-state index >= 15 is 0 Å². The largest absolute Gasteiger partial charge is 0.495 e. The molecule has 0 atom stereocenters. The van der Waals surface area contributed by atoms with Crippen molar-refractivity contribution in [3.63, 3.8) is 0 Å². The Morgan fingerprint density at radius 3 is 2.42 bits per heavy atom. The molecular weight excluding hydrogens is 399 g/mol. The summed E-state index contributed by atoms with van der Waals surface area (Å²) in [5, 5.41) is 0.370. The molecule has 1 saturated heterocycles. The molecule has 2 aromatic rings. The van der Waals surface area contributed by atoms with Crippen molar-refractivity contribution in [3.8, 4) is 5.75 Å². The van der Waals surface area contributed by atoms with Crippen LogP contribution in [-0.2, 0) is 14.8 Å². The zero-order chi connectivity index (χ0) is 18.9. The second-order valence-corrected chi connectivity index (χ2v) is 8.18. The molecule has 0 aliphatic carbocycles. The third kappa shape index (κ3) is 3.60. The highest BCUT2D eigenvalue weighted by Crippen LogP contribution is 2.36. The van der Waals surface area contributed by atoms with E-state index in [9.17, 15) is 13.2 Å². The number of nitrogens with one attached hydrogen (secondary N) is 1. The van der Waals surface area contributed by atoms with E-state index in [4.69, 9.17) is 27.9 Å². The summed E-state index contributed by atoms with van der Waals surface area (Å²) in [6, 6.07) is 9.02. The van der Waals surface area contributed by atoms with Crippen LogP contribution in [-0.4, -0.2) is 28.0 Å². The number of para-hydroxylation sites is 1. The molecule has 1 heterocycles. The first kappa shape index (κ1) is 18.8. The number of anilines is 2. The molecule has 2 aromatic carbocycles. The zero-order valence-corrected chi connectivity index (χ0v) is 16.2. The third-order valence-corrected chi connectivity index (χ3v) is 6.00. The molecule has 26 heavy (non-hydrogen) atoms. The van der Waals surface area contributed by atoms with Crippen molar-refractivity contribution in [2.75, 3.05) is 23.3 Å². The van der Waals surface area contributed by atoms with Crippen LogP contribution in [0.25, 0.3) is 0 Å². The lowest BCUT2D eigenvalue weighted by atomic mass is 10.2. The maximum absolute atomic E-state index is 12.8. The number of benzene rings is 2. The fourth-order valence-electron chi connectivity index (χ4n) is 2.74. The van der Waals surface area contributed by atoms with Gasteiger partial charge in [-0.25, -0.2) is 8.42 Å². The van der Waals surface area contributed by atoms with E-state index in [0.717, 1.165) is 0 Å². The quantitative estimate of drug-likeness (QED) is 0.803. The van der Waals surface area contributed by atoms with Gasteiger partial charge < -0.3 is 9.64 Å². The van der Waals surface area contributed by atoms with Crippen LogP contribution in [0.2, 0.25) is 10.0 Å². The number of halogens is 2. The minimum absolute atomic E-state index is 0.0241. The highest BCUT2D eigenvalue weighted by atomic mass is 35.5. The number of hydrogen-bond donors (Lipinski definition) is 1. The molecule has 3 rings (SSSR count). The summed E-state index contributed by atoms with van der Waals surface area (Å²) < 4.78 is 33.2. The van der Waals surface area contributed by atoms with Gasteiger partial charge in [-0.2, -0.15) is 0 Å². The van der Waals surface area contributed by atoms with Gasteiger partial charge in [0.25, 0.3) is 10.0 Å². The van der Waals surface area contributed by atoms with Gasteiger partial charge in [0.2, 0.25) is 5.91 Å². The van der Waals surface area contributed by atoms with Crippen LogP contribution < -0.4 is 14.4 Å². The lowest BCUT2D eigenvalue weighted by Gasteiger charge is -2.20. The van der Waals surface area contributed by atoms with Crippen molar-refractivity contribution in [2.45, 2.75) is 17.7 Å². The fraction of sp³-hybridized carbons (Fsp3) is 0.235. The van der Waals surface area contributed by atoms with Crippen LogP contribution in [0.15, 0.2) is 41.3 Å². The fourth-order valence-corrected chi connectivity index (χ4v) is 4.46. The number of nitrogens with zero attached hydrogens (tertiary/aromatic N) is 1. The van der Waals surface area contributed by atoms with Crippen molar-refractivity contribution in [2.24, 2.45) is 0 Å². The number of amides is 1. The topological polar surface area (TPSA) is 75.7 Å². The standard InChI is InChI=1S/C17H16Cl2N2O4S/c1-25-15-8-7-11(10-14(15)21-9-3-6-16(21)22)26(23,24)20-17-12(18)4-2-5-13(17)19/h2,4-5,7-8,10,20H,3,6,9H2,1H3. The normalized spacial score (nSPS) is 14.6. The number of sulfonamides is 1. The molecule has 138 valence electrons. The van der Waals surface area contributed by atoms with E-state index in [1.165, 1.54) is 42.3 Å². The first-order chi connectivity index (χ1) is 12.3. The lowest BCUT2D eigenvalue weighted by Crippen LogP contribution is -2.25. The first-order valence-electron chi connectivity index (χ1n) is 7.79. The molecule has 1 N–H and O–H groups in total. The van der Waals surface area contributed by atoms with E-state index in [2.05, 4.69) is 4.72 Å². The van der Waals surface area contributed by atoms with Crippen molar-refractivity contribution in [3.05, 3.63) is 46.4 Å². The molecule has 1 amide bonds. The van der Waals surface area contributed by atoms with Gasteiger partial charge in [-0.3, -0.25) is 9.52 Å². The number of carbonyl (C=O) groups excluding carboxylic acids is 1. The van der Waals surface area contributed by atoms with Crippen LogP contribution in [0.5, 0.6) is 5.75 Å². The lowest BCUT2D eigenvalue weighted by molar-refractivity contribution is -0.117. The van der Waals surface area contributed by atoms with Gasteiger partial charge in [-0.15, -0.1) is 0 Å². The summed E-state index contributed by atoms with van der Waals surface area (Å²) in [4.78, 5) is 13.6. The highest BCUT2D eigenvalue weighted by molar-refractivity contribution is 7.92. The molecule has 0 bridgehead atoms. The smallest absolute Gasteiger partial charge is 0.262 e. The third-order valence-electron chi connectivity index (χ3n) is 4.02. The summed E-state index contributed by atoms with van der Waals surface area (Å²) >= 11 is 12.1. The highest BCUT2D eigenvalue weighted by Gasteiger charge is 2.27. The minimum Gasteiger partial charge on any atom is -0.495 e. The van der Waals surface area contributed by atoms with Gasteiger partial charge in [-0.05, 0) is 36.8 Å². The Bertz CT molecular complexity index is 943. The molecule has 1 aliphatic heterocycles. The summed E-state index contributed by atoms with van der Waals surface area (Å²) in [6.45, 7) is 0.516. The van der Waals surface area contributed by atoms with Crippen LogP contribution in [0, 0.1) is 0 Å². The van der Waals surface area contributed by atoms with E-state index < -0.39 is 10.0 Å². The Morgan fingerprint density at radius 1 is 1.15 bits per heavy atom. The van der Waals surface area contributed by atoms with Gasteiger partial charge in [0.1, 0.15) is 5.75 Å². The number of ether oxygens (including phenoxy) is 1. The minimum atomic E-state index is -3.97. The number of hydrogen-bond acceptors (Lipinski definition) is 4. The molecule has 0 spiro atoms. The number of carbonyl (C=O) groups is 1. The molecule has 0 radical (unpaired) electrons. The number of rotatable bonds is 5. The Balaban J connectivity index is 2.01. The summed E-state index contributed by atoms with van der Waals surface area (Å²) in [7, 11) is -2.50. The Hall–Kier alpha value is -1.96. The summed E-state index contributed by atoms with van der Waals surface area (Å²) in [5.74, 6) is 0.356. The second-order valence-electron chi connectivity index (χ2n) is 5.68. The average Bonchev–Trinajstić information content (AvgIpc) is 3.03. The summed E-state index contributed by atoms with van der Waals surface area (Å²) in [6.07, 6.45) is 1.14. The molecule has 0 unspecified atom stereocenters. The molecule has 0 saturated carbocycles. The predicted molar refractivity (Wildman–Crippen MR) is 102 cm³/mol. The van der Waals surface area contributed by atoms with E-state index in [-0.39, 0.29) is 26.5 Å². The Labute approximate surface area is 161 Å². The maximum Gasteiger partial charge on any atom is 0.262 e. The Morgan fingerprint density at radius 2 is 1.85 bits per heavy atom. The van der Waals surface area contributed by atoms with E-state index in [0.29, 0.717) is 30.8 Å². The molecule has 0 aromatic heterocycles. The van der Waals surface area contributed by atoms with Crippen LogP contribution in [0.3, 0.4) is 0 Å². The molecule has 1 fully saturated rings. The van der Waals surface area contributed by atoms with Crippen LogP contribution >= 0.6 is 23.2 Å². The van der Waals surface area contributed by atoms with Crippen molar-refractivity contribution in [1.29, 1.82) is 0 Å². The van der Waals surface area contributed by atoms with Gasteiger partial charge in [-0.1, -0.05) is 29.3 Å². The van der Waals surface area contributed by atoms with E-state index in [1.54, 1.807) is 6.07 Å². The average molecular weight is 415 g/mol. The maximum atomic E-state index is 12.8. The molecular formula is C17H16Cl2N2O4S. The second kappa shape index (κ2) is 7.34. The Kier molecular flexibility index (Phi) is 5.32. The summed E-state index contributed by atoms with van der Waals surface area (Å²) in [5.41, 5.74) is 0.522. The van der Waals surface area contributed by atoms with Gasteiger partial charge in [0.05, 0.1) is 33.4 Å². The van der Waals surface area contributed by atoms with Crippen molar-refractivity contribution in [1.82, 2.24) is 0 Å². The molecule has 9 heteroatoms. The van der Waals surface area contributed by atoms with E-state index in [1.807, 2.05) is 0 Å². The van der Waals surface area contributed by atoms with Crippen LogP contribution in [0.4, 0.5) is 11.4 Å². The SMILES string of the molecule is COc1ccc(S(=O)(=O)Nc2c(Cl)cccc2Cl)cc1N1CCCC1=O. The predicted octanol–water partition coefficient (Wildman–Crippen LogP) is 3.93. The van der Waals surface area contributed by atoms with Gasteiger partial charge in [0.15, 0.2) is 0 Å². The zero-order valence-electron chi connectivity index (χ0n) is 13.8. The molecule has 6 nitrogen and oxygen atoms in total. The number of methoxy groups -OCH3 is 1. The first-order valence-corrected chi connectivity index (χ1v) is 10.0.